The molecule has 0 spiro atoms. The molecule has 104 valence electrons. The zero-order valence-corrected chi connectivity index (χ0v) is 11.8. The van der Waals surface area contributed by atoms with E-state index in [2.05, 4.69) is 17.1 Å². The quantitative estimate of drug-likeness (QED) is 0.834. The van der Waals surface area contributed by atoms with E-state index < -0.39 is 0 Å². The van der Waals surface area contributed by atoms with Crippen LogP contribution in [0.3, 0.4) is 0 Å². The minimum atomic E-state index is 0.346. The zero-order chi connectivity index (χ0) is 12.8. The monoisotopic (exact) mass is 252 g/mol. The molecule has 18 heavy (non-hydrogen) atoms. The summed E-state index contributed by atoms with van der Waals surface area (Å²) in [6, 6.07) is 0.639. The van der Waals surface area contributed by atoms with Crippen LogP contribution in [0.2, 0.25) is 0 Å². The average molecular weight is 252 g/mol. The minimum absolute atomic E-state index is 0.346. The van der Waals surface area contributed by atoms with E-state index in [0.29, 0.717) is 17.9 Å². The molecular weight excluding hydrogens is 224 g/mol. The van der Waals surface area contributed by atoms with Gasteiger partial charge in [-0.15, -0.1) is 0 Å². The van der Waals surface area contributed by atoms with Gasteiger partial charge in [0, 0.05) is 25.0 Å². The number of piperidine rings is 1. The van der Waals surface area contributed by atoms with Crippen molar-refractivity contribution in [3.05, 3.63) is 0 Å². The third-order valence-electron chi connectivity index (χ3n) is 4.44. The fourth-order valence-electron chi connectivity index (χ4n) is 3.26. The summed E-state index contributed by atoms with van der Waals surface area (Å²) in [6.45, 7) is 5.25. The fourth-order valence-corrected chi connectivity index (χ4v) is 3.26. The van der Waals surface area contributed by atoms with Gasteiger partial charge in [0.2, 0.25) is 5.91 Å². The van der Waals surface area contributed by atoms with Crippen LogP contribution in [-0.2, 0) is 4.79 Å². The van der Waals surface area contributed by atoms with Crippen LogP contribution in [0.1, 0.15) is 58.3 Å². The van der Waals surface area contributed by atoms with Crippen molar-refractivity contribution >= 4 is 5.91 Å². The molecule has 1 saturated heterocycles. The fraction of sp³-hybridized carbons (Fsp3) is 0.933. The van der Waals surface area contributed by atoms with Crippen molar-refractivity contribution in [2.75, 3.05) is 19.6 Å². The Labute approximate surface area is 111 Å². The predicted octanol–water partition coefficient (Wildman–Crippen LogP) is 2.56. The number of carbonyl (C=O) groups excluding carboxylic acids is 1. The summed E-state index contributed by atoms with van der Waals surface area (Å²) >= 11 is 0. The van der Waals surface area contributed by atoms with Crippen LogP contribution < -0.4 is 5.32 Å². The molecule has 3 heteroatoms. The number of hydrogen-bond acceptors (Lipinski definition) is 2. The lowest BCUT2D eigenvalue weighted by atomic mass is 9.87. The highest BCUT2D eigenvalue weighted by Gasteiger charge is 2.28. The second kappa shape index (κ2) is 7.13. The molecule has 2 fully saturated rings. The van der Waals surface area contributed by atoms with Crippen molar-refractivity contribution < 1.29 is 4.79 Å². The summed E-state index contributed by atoms with van der Waals surface area (Å²) in [5.41, 5.74) is 0. The molecule has 0 aromatic heterocycles. The van der Waals surface area contributed by atoms with Gasteiger partial charge in [0.15, 0.2) is 0 Å². The first-order valence-electron chi connectivity index (χ1n) is 7.83. The second-order valence-electron chi connectivity index (χ2n) is 5.89. The van der Waals surface area contributed by atoms with E-state index in [1.165, 1.54) is 25.7 Å². The SMILES string of the molecule is CCCNC1CCN(C(=O)C2CCCCC2)CC1. The van der Waals surface area contributed by atoms with E-state index in [1.54, 1.807) is 0 Å². The van der Waals surface area contributed by atoms with Gasteiger partial charge in [-0.05, 0) is 38.6 Å². The van der Waals surface area contributed by atoms with Crippen LogP contribution in [0.25, 0.3) is 0 Å². The van der Waals surface area contributed by atoms with Gasteiger partial charge in [0.05, 0.1) is 0 Å². The van der Waals surface area contributed by atoms with Gasteiger partial charge < -0.3 is 10.2 Å². The largest absolute Gasteiger partial charge is 0.342 e. The first kappa shape index (κ1) is 13.9. The molecule has 0 aromatic carbocycles. The molecule has 0 radical (unpaired) electrons. The molecule has 0 atom stereocenters. The van der Waals surface area contributed by atoms with Gasteiger partial charge >= 0.3 is 0 Å². The second-order valence-corrected chi connectivity index (χ2v) is 5.89. The Morgan fingerprint density at radius 1 is 1.11 bits per heavy atom. The molecule has 1 aliphatic carbocycles. The van der Waals surface area contributed by atoms with Gasteiger partial charge in [-0.3, -0.25) is 4.79 Å². The summed E-state index contributed by atoms with van der Waals surface area (Å²) in [5, 5.41) is 3.57. The Morgan fingerprint density at radius 2 is 1.78 bits per heavy atom. The van der Waals surface area contributed by atoms with Crippen LogP contribution in [0.4, 0.5) is 0 Å². The summed E-state index contributed by atoms with van der Waals surface area (Å²) in [5.74, 6) is 0.794. The summed E-state index contributed by atoms with van der Waals surface area (Å²) < 4.78 is 0. The first-order valence-corrected chi connectivity index (χ1v) is 7.83. The molecular formula is C15H28N2O. The van der Waals surface area contributed by atoms with Crippen molar-refractivity contribution in [1.82, 2.24) is 10.2 Å². The first-order chi connectivity index (χ1) is 8.81. The number of nitrogens with zero attached hydrogens (tertiary/aromatic N) is 1. The highest BCUT2D eigenvalue weighted by molar-refractivity contribution is 5.79. The van der Waals surface area contributed by atoms with E-state index in [4.69, 9.17) is 0 Å². The Morgan fingerprint density at radius 3 is 2.39 bits per heavy atom. The third-order valence-corrected chi connectivity index (χ3v) is 4.44. The molecule has 2 rings (SSSR count). The number of likely N-dealkylation sites (tertiary alicyclic amines) is 1. The van der Waals surface area contributed by atoms with Gasteiger partial charge in [-0.2, -0.15) is 0 Å². The topological polar surface area (TPSA) is 32.3 Å². The smallest absolute Gasteiger partial charge is 0.225 e. The van der Waals surface area contributed by atoms with Crippen LogP contribution in [0, 0.1) is 5.92 Å². The molecule has 1 heterocycles. The van der Waals surface area contributed by atoms with Gasteiger partial charge in [-0.1, -0.05) is 26.2 Å². The maximum Gasteiger partial charge on any atom is 0.225 e. The van der Waals surface area contributed by atoms with Gasteiger partial charge in [0.25, 0.3) is 0 Å². The number of hydrogen-bond donors (Lipinski definition) is 1. The lowest BCUT2D eigenvalue weighted by Crippen LogP contribution is -2.47. The molecule has 1 N–H and O–H groups in total. The van der Waals surface area contributed by atoms with Gasteiger partial charge in [0.1, 0.15) is 0 Å². The van der Waals surface area contributed by atoms with E-state index in [-0.39, 0.29) is 0 Å². The number of nitrogens with one attached hydrogen (secondary N) is 1. The molecule has 0 unspecified atom stereocenters. The number of carbonyl (C=O) groups is 1. The predicted molar refractivity (Wildman–Crippen MR) is 74.5 cm³/mol. The van der Waals surface area contributed by atoms with E-state index in [1.807, 2.05) is 0 Å². The molecule has 1 saturated carbocycles. The Hall–Kier alpha value is -0.570. The highest BCUT2D eigenvalue weighted by atomic mass is 16.2. The van der Waals surface area contributed by atoms with Gasteiger partial charge in [-0.25, -0.2) is 0 Å². The summed E-state index contributed by atoms with van der Waals surface area (Å²) in [6.07, 6.45) is 9.57. The van der Waals surface area contributed by atoms with Crippen LogP contribution in [0.5, 0.6) is 0 Å². The van der Waals surface area contributed by atoms with Crippen molar-refractivity contribution in [3.8, 4) is 0 Å². The third kappa shape index (κ3) is 3.71. The summed E-state index contributed by atoms with van der Waals surface area (Å²) in [7, 11) is 0. The van der Waals surface area contributed by atoms with Crippen LogP contribution in [-0.4, -0.2) is 36.5 Å². The minimum Gasteiger partial charge on any atom is -0.342 e. The molecule has 2 aliphatic rings. The zero-order valence-electron chi connectivity index (χ0n) is 11.8. The molecule has 3 nitrogen and oxygen atoms in total. The van der Waals surface area contributed by atoms with E-state index >= 15 is 0 Å². The van der Waals surface area contributed by atoms with Crippen molar-refractivity contribution in [3.63, 3.8) is 0 Å². The van der Waals surface area contributed by atoms with Crippen molar-refractivity contribution in [2.45, 2.75) is 64.3 Å². The van der Waals surface area contributed by atoms with E-state index in [9.17, 15) is 4.79 Å². The molecule has 1 aliphatic heterocycles. The van der Waals surface area contributed by atoms with Crippen LogP contribution >= 0.6 is 0 Å². The van der Waals surface area contributed by atoms with Crippen molar-refractivity contribution in [1.29, 1.82) is 0 Å². The van der Waals surface area contributed by atoms with Crippen LogP contribution in [0.15, 0.2) is 0 Å². The standard InChI is InChI=1S/C15H28N2O/c1-2-10-16-14-8-11-17(12-9-14)15(18)13-6-4-3-5-7-13/h13-14,16H,2-12H2,1H3. The Bertz CT molecular complexity index is 253. The maximum atomic E-state index is 12.4. The van der Waals surface area contributed by atoms with Crippen molar-refractivity contribution in [2.24, 2.45) is 5.92 Å². The number of amides is 1. The average Bonchev–Trinajstić information content (AvgIpc) is 2.46. The number of rotatable bonds is 4. The normalized spacial score (nSPS) is 23.3. The highest BCUT2D eigenvalue weighted by Crippen LogP contribution is 2.26. The maximum absolute atomic E-state index is 12.4. The lowest BCUT2D eigenvalue weighted by molar-refractivity contribution is -0.137. The molecule has 1 amide bonds. The molecule has 0 aromatic rings. The Balaban J connectivity index is 1.73. The summed E-state index contributed by atoms with van der Waals surface area (Å²) in [4.78, 5) is 14.5. The lowest BCUT2D eigenvalue weighted by Gasteiger charge is -2.35. The molecule has 0 bridgehead atoms. The Kier molecular flexibility index (Phi) is 5.48. The van der Waals surface area contributed by atoms with E-state index in [0.717, 1.165) is 45.3 Å².